The van der Waals surface area contributed by atoms with E-state index in [0.717, 1.165) is 52.7 Å². The number of nitrogens with one attached hydrogen (secondary N) is 1. The molecule has 122 valence electrons. The summed E-state index contributed by atoms with van der Waals surface area (Å²) >= 11 is 1.58. The molecule has 1 amide bonds. The number of carbonyl (C=O) groups excluding carboxylic acids is 1. The van der Waals surface area contributed by atoms with E-state index in [1.54, 1.807) is 11.3 Å². The number of imidazole rings is 1. The van der Waals surface area contributed by atoms with Crippen molar-refractivity contribution < 1.29 is 4.79 Å². The fourth-order valence-electron chi connectivity index (χ4n) is 5.68. The van der Waals surface area contributed by atoms with Crippen LogP contribution in [-0.2, 0) is 11.3 Å². The highest BCUT2D eigenvalue weighted by atomic mass is 32.1. The number of fused-ring (bicyclic) bond motifs is 1. The van der Waals surface area contributed by atoms with Crippen molar-refractivity contribution in [3.63, 3.8) is 0 Å². The lowest BCUT2D eigenvalue weighted by Crippen LogP contribution is -2.53. The minimum atomic E-state index is -0.0687. The fourth-order valence-corrected chi connectivity index (χ4v) is 6.42. The monoisotopic (exact) mass is 330 g/mol. The molecule has 1 N–H and O–H groups in total. The second-order valence-electron chi connectivity index (χ2n) is 7.96. The van der Waals surface area contributed by atoms with Crippen LogP contribution in [0.2, 0.25) is 0 Å². The average Bonchev–Trinajstić information content (AvgIpc) is 3.00. The quantitative estimate of drug-likeness (QED) is 0.941. The molecule has 23 heavy (non-hydrogen) atoms. The van der Waals surface area contributed by atoms with Gasteiger partial charge in [-0.15, -0.1) is 0 Å². The maximum Gasteiger partial charge on any atom is 0.226 e. The van der Waals surface area contributed by atoms with Crippen LogP contribution in [0.4, 0.5) is 0 Å². The third-order valence-corrected chi connectivity index (χ3v) is 6.98. The third-order valence-electron chi connectivity index (χ3n) is 6.14. The van der Waals surface area contributed by atoms with Crippen molar-refractivity contribution >= 4 is 22.2 Å². The molecule has 2 heterocycles. The Labute approximate surface area is 139 Å². The lowest BCUT2D eigenvalue weighted by molar-refractivity contribution is -0.146. The molecule has 0 aromatic carbocycles. The van der Waals surface area contributed by atoms with Crippen LogP contribution in [0.25, 0.3) is 4.96 Å². The van der Waals surface area contributed by atoms with Crippen molar-refractivity contribution in [3.05, 3.63) is 16.9 Å². The first-order chi connectivity index (χ1) is 11.1. The molecule has 6 heteroatoms. The molecule has 4 aliphatic rings. The Bertz CT molecular complexity index is 710. The van der Waals surface area contributed by atoms with Gasteiger partial charge in [0.2, 0.25) is 10.9 Å². The van der Waals surface area contributed by atoms with Gasteiger partial charge < -0.3 is 5.32 Å². The maximum absolute atomic E-state index is 12.9. The van der Waals surface area contributed by atoms with Crippen LogP contribution >= 0.6 is 11.3 Å². The first-order valence-corrected chi connectivity index (χ1v) is 9.51. The SMILES string of the molecule is Cc1nn2cc(CNC(=O)C34CC5CC(CC(C5)C3)C4)nc2s1. The van der Waals surface area contributed by atoms with E-state index in [2.05, 4.69) is 15.4 Å². The van der Waals surface area contributed by atoms with Crippen molar-refractivity contribution in [1.29, 1.82) is 0 Å². The van der Waals surface area contributed by atoms with Gasteiger partial charge in [0.1, 0.15) is 5.01 Å². The van der Waals surface area contributed by atoms with E-state index >= 15 is 0 Å². The van der Waals surface area contributed by atoms with E-state index in [9.17, 15) is 4.79 Å². The molecule has 0 unspecified atom stereocenters. The van der Waals surface area contributed by atoms with Crippen molar-refractivity contribution in [3.8, 4) is 0 Å². The summed E-state index contributed by atoms with van der Waals surface area (Å²) < 4.78 is 1.81. The second-order valence-corrected chi connectivity index (χ2v) is 9.12. The topological polar surface area (TPSA) is 59.3 Å². The Morgan fingerprint density at radius 2 is 1.96 bits per heavy atom. The van der Waals surface area contributed by atoms with E-state index in [0.29, 0.717) is 6.54 Å². The molecule has 4 saturated carbocycles. The highest BCUT2D eigenvalue weighted by molar-refractivity contribution is 7.16. The number of amides is 1. The number of nitrogens with zero attached hydrogens (tertiary/aromatic N) is 3. The summed E-state index contributed by atoms with van der Waals surface area (Å²) in [6.45, 7) is 2.50. The molecule has 0 radical (unpaired) electrons. The molecular formula is C17H22N4OS. The van der Waals surface area contributed by atoms with Crippen molar-refractivity contribution in [2.75, 3.05) is 0 Å². The Balaban J connectivity index is 1.30. The van der Waals surface area contributed by atoms with Gasteiger partial charge in [0, 0.05) is 5.41 Å². The zero-order valence-corrected chi connectivity index (χ0v) is 14.2. The molecule has 5 nitrogen and oxygen atoms in total. The third kappa shape index (κ3) is 2.22. The maximum atomic E-state index is 12.9. The van der Waals surface area contributed by atoms with Crippen LogP contribution < -0.4 is 5.32 Å². The van der Waals surface area contributed by atoms with Crippen molar-refractivity contribution in [2.45, 2.75) is 52.0 Å². The molecule has 0 aliphatic heterocycles. The summed E-state index contributed by atoms with van der Waals surface area (Å²) in [6, 6.07) is 0. The molecule has 4 aliphatic carbocycles. The summed E-state index contributed by atoms with van der Waals surface area (Å²) in [5.74, 6) is 2.68. The Kier molecular flexibility index (Phi) is 2.90. The minimum absolute atomic E-state index is 0.0687. The van der Waals surface area contributed by atoms with Gasteiger partial charge in [-0.25, -0.2) is 9.50 Å². The Morgan fingerprint density at radius 3 is 2.57 bits per heavy atom. The van der Waals surface area contributed by atoms with E-state index < -0.39 is 0 Å². The number of aromatic nitrogens is 3. The van der Waals surface area contributed by atoms with E-state index in [1.807, 2.05) is 17.6 Å². The Morgan fingerprint density at radius 1 is 1.30 bits per heavy atom. The fraction of sp³-hybridized carbons (Fsp3) is 0.706. The molecule has 0 saturated heterocycles. The van der Waals surface area contributed by atoms with E-state index in [1.165, 1.54) is 19.3 Å². The summed E-state index contributed by atoms with van der Waals surface area (Å²) in [5.41, 5.74) is 0.836. The number of carbonyl (C=O) groups is 1. The first kappa shape index (κ1) is 14.0. The van der Waals surface area contributed by atoms with Crippen molar-refractivity contribution in [1.82, 2.24) is 19.9 Å². The standard InChI is InChI=1S/C17H22N4OS/c1-10-20-21-9-14(19-16(21)23-10)8-18-15(22)17-5-11-2-12(6-17)4-13(3-11)7-17/h9,11-13H,2-8H2,1H3,(H,18,22). The van der Waals surface area contributed by atoms with Crippen molar-refractivity contribution in [2.24, 2.45) is 23.2 Å². The zero-order chi connectivity index (χ0) is 15.6. The van der Waals surface area contributed by atoms with Gasteiger partial charge in [0.25, 0.3) is 0 Å². The van der Waals surface area contributed by atoms with Gasteiger partial charge in [-0.3, -0.25) is 4.79 Å². The molecule has 0 atom stereocenters. The number of rotatable bonds is 3. The molecule has 2 aromatic rings. The number of aryl methyl sites for hydroxylation is 1. The largest absolute Gasteiger partial charge is 0.350 e. The van der Waals surface area contributed by atoms with Crippen LogP contribution in [0.5, 0.6) is 0 Å². The van der Waals surface area contributed by atoms with Gasteiger partial charge >= 0.3 is 0 Å². The van der Waals surface area contributed by atoms with Gasteiger partial charge in [-0.05, 0) is 63.2 Å². The van der Waals surface area contributed by atoms with Crippen LogP contribution in [0.3, 0.4) is 0 Å². The highest BCUT2D eigenvalue weighted by Crippen LogP contribution is 2.60. The van der Waals surface area contributed by atoms with Gasteiger partial charge in [0.05, 0.1) is 18.4 Å². The summed E-state index contributed by atoms with van der Waals surface area (Å²) in [5, 5.41) is 8.57. The molecule has 0 spiro atoms. The summed E-state index contributed by atoms with van der Waals surface area (Å²) in [7, 11) is 0. The number of hydrogen-bond donors (Lipinski definition) is 1. The van der Waals surface area contributed by atoms with Crippen LogP contribution in [0.15, 0.2) is 6.20 Å². The predicted octanol–water partition coefficient (Wildman–Crippen LogP) is 2.93. The second kappa shape index (κ2) is 4.79. The first-order valence-electron chi connectivity index (χ1n) is 8.70. The zero-order valence-electron chi connectivity index (χ0n) is 13.4. The minimum Gasteiger partial charge on any atom is -0.350 e. The molecule has 4 fully saturated rings. The summed E-state index contributed by atoms with van der Waals surface area (Å²) in [6.07, 6.45) is 9.38. The lowest BCUT2D eigenvalue weighted by Gasteiger charge is -2.55. The smallest absolute Gasteiger partial charge is 0.226 e. The molecule has 6 rings (SSSR count). The van der Waals surface area contributed by atoms with Gasteiger partial charge in [-0.2, -0.15) is 5.10 Å². The molecule has 2 aromatic heterocycles. The molecule has 4 bridgehead atoms. The number of hydrogen-bond acceptors (Lipinski definition) is 4. The predicted molar refractivity (Wildman–Crippen MR) is 88.1 cm³/mol. The van der Waals surface area contributed by atoms with Crippen LogP contribution in [0, 0.1) is 30.1 Å². The van der Waals surface area contributed by atoms with Gasteiger partial charge in [0.15, 0.2) is 0 Å². The normalized spacial score (nSPS) is 35.1. The highest BCUT2D eigenvalue weighted by Gasteiger charge is 2.54. The Hall–Kier alpha value is -1.43. The van der Waals surface area contributed by atoms with E-state index in [4.69, 9.17) is 0 Å². The van der Waals surface area contributed by atoms with Crippen LogP contribution in [0.1, 0.15) is 49.2 Å². The van der Waals surface area contributed by atoms with E-state index in [-0.39, 0.29) is 11.3 Å². The lowest BCUT2D eigenvalue weighted by atomic mass is 9.49. The average molecular weight is 330 g/mol. The molecular weight excluding hydrogens is 308 g/mol. The summed E-state index contributed by atoms with van der Waals surface area (Å²) in [4.78, 5) is 18.4. The van der Waals surface area contributed by atoms with Gasteiger partial charge in [-0.1, -0.05) is 11.3 Å². The van der Waals surface area contributed by atoms with Crippen LogP contribution in [-0.4, -0.2) is 20.5 Å².